The molecule has 2 aromatic heterocycles. The monoisotopic (exact) mass is 398 g/mol. The molecule has 0 saturated heterocycles. The number of aromatic amines is 1. The van der Waals surface area contributed by atoms with Crippen LogP contribution in [-0.2, 0) is 16.0 Å². The first kappa shape index (κ1) is 21.0. The van der Waals surface area contributed by atoms with Crippen molar-refractivity contribution >= 4 is 11.8 Å². The average molecular weight is 399 g/mol. The fourth-order valence-corrected chi connectivity index (χ4v) is 3.82. The summed E-state index contributed by atoms with van der Waals surface area (Å²) >= 11 is 0. The molecular weight excluding hydrogens is 368 g/mol. The fourth-order valence-electron chi connectivity index (χ4n) is 3.82. The molecule has 1 saturated carbocycles. The predicted molar refractivity (Wildman–Crippen MR) is 109 cm³/mol. The van der Waals surface area contributed by atoms with Gasteiger partial charge in [0.25, 0.3) is 0 Å². The highest BCUT2D eigenvalue weighted by Gasteiger charge is 2.28. The van der Waals surface area contributed by atoms with Gasteiger partial charge in [-0.15, -0.1) is 0 Å². The number of carbonyl (C=O) groups is 2. The number of aromatic nitrogens is 4. The van der Waals surface area contributed by atoms with E-state index in [9.17, 15) is 9.59 Å². The van der Waals surface area contributed by atoms with Crippen molar-refractivity contribution in [3.8, 4) is 0 Å². The first-order valence-electron chi connectivity index (χ1n) is 10.4. The number of nitrogens with one attached hydrogen (secondary N) is 3. The highest BCUT2D eigenvalue weighted by Crippen LogP contribution is 2.26. The summed E-state index contributed by atoms with van der Waals surface area (Å²) in [5, 5.41) is 12.9. The van der Waals surface area contributed by atoms with Crippen molar-refractivity contribution < 1.29 is 9.59 Å². The van der Waals surface area contributed by atoms with E-state index in [1.165, 1.54) is 0 Å². The number of rotatable bonds is 7. The van der Waals surface area contributed by atoms with E-state index in [1.54, 1.807) is 6.92 Å². The Morgan fingerprint density at radius 3 is 2.55 bits per heavy atom. The van der Waals surface area contributed by atoms with E-state index in [0.717, 1.165) is 43.5 Å². The zero-order chi connectivity index (χ0) is 20.8. The van der Waals surface area contributed by atoms with Crippen molar-refractivity contribution in [2.45, 2.75) is 71.4 Å². The lowest BCUT2D eigenvalue weighted by Gasteiger charge is -2.29. The van der Waals surface area contributed by atoms with Crippen LogP contribution in [-0.4, -0.2) is 38.0 Å². The van der Waals surface area contributed by atoms with Gasteiger partial charge >= 0.3 is 0 Å². The molecule has 1 fully saturated rings. The topological polar surface area (TPSA) is 113 Å². The third kappa shape index (κ3) is 5.85. The van der Waals surface area contributed by atoms with Gasteiger partial charge < -0.3 is 10.6 Å². The Kier molecular flexibility index (Phi) is 6.95. The van der Waals surface area contributed by atoms with Gasteiger partial charge in [0.15, 0.2) is 5.82 Å². The third-order valence-electron chi connectivity index (χ3n) is 5.42. The smallest absolute Gasteiger partial charge is 0.227 e. The van der Waals surface area contributed by atoms with Crippen molar-refractivity contribution in [3.05, 3.63) is 41.2 Å². The number of nitrogens with zero attached hydrogens (tertiary/aromatic N) is 3. The second-order valence-electron chi connectivity index (χ2n) is 7.80. The maximum Gasteiger partial charge on any atom is 0.227 e. The molecule has 2 heterocycles. The maximum absolute atomic E-state index is 12.8. The molecule has 0 aliphatic heterocycles. The Morgan fingerprint density at radius 2 is 1.93 bits per heavy atom. The number of H-pyrrole nitrogens is 1. The lowest BCUT2D eigenvalue weighted by molar-refractivity contribution is -0.127. The number of carbonyl (C=O) groups excluding carboxylic acids is 2. The van der Waals surface area contributed by atoms with Gasteiger partial charge in [-0.05, 0) is 58.1 Å². The van der Waals surface area contributed by atoms with Crippen LogP contribution in [0.5, 0.6) is 0 Å². The van der Waals surface area contributed by atoms with Gasteiger partial charge in [-0.25, -0.2) is 4.98 Å². The molecule has 156 valence electrons. The lowest BCUT2D eigenvalue weighted by atomic mass is 9.85. The molecule has 1 aliphatic carbocycles. The van der Waals surface area contributed by atoms with E-state index in [1.807, 2.05) is 25.1 Å². The van der Waals surface area contributed by atoms with Crippen molar-refractivity contribution in [3.63, 3.8) is 0 Å². The van der Waals surface area contributed by atoms with Gasteiger partial charge in [0.05, 0.1) is 18.2 Å². The summed E-state index contributed by atoms with van der Waals surface area (Å²) in [5.74, 6) is 1.20. The van der Waals surface area contributed by atoms with Crippen LogP contribution in [0, 0.1) is 19.8 Å². The first-order chi connectivity index (χ1) is 13.9. The highest BCUT2D eigenvalue weighted by molar-refractivity contribution is 5.79. The maximum atomic E-state index is 12.8. The first-order valence-corrected chi connectivity index (χ1v) is 10.4. The van der Waals surface area contributed by atoms with Gasteiger partial charge in [0.2, 0.25) is 11.8 Å². The molecular formula is C21H30N6O2. The summed E-state index contributed by atoms with van der Waals surface area (Å²) in [4.78, 5) is 33.6. The summed E-state index contributed by atoms with van der Waals surface area (Å²) in [6.07, 6.45) is 4.12. The van der Waals surface area contributed by atoms with Crippen molar-refractivity contribution in [1.29, 1.82) is 0 Å². The summed E-state index contributed by atoms with van der Waals surface area (Å²) in [6, 6.07) is 5.93. The molecule has 8 nitrogen and oxygen atoms in total. The minimum absolute atomic E-state index is 0.0160. The lowest BCUT2D eigenvalue weighted by Crippen LogP contribution is -2.42. The summed E-state index contributed by atoms with van der Waals surface area (Å²) in [6.45, 7) is 5.81. The largest absolute Gasteiger partial charge is 0.353 e. The van der Waals surface area contributed by atoms with Gasteiger partial charge in [-0.1, -0.05) is 13.0 Å². The van der Waals surface area contributed by atoms with Crippen LogP contribution in [0.2, 0.25) is 0 Å². The van der Waals surface area contributed by atoms with Crippen LogP contribution in [0.15, 0.2) is 18.2 Å². The van der Waals surface area contributed by atoms with Gasteiger partial charge in [0, 0.05) is 17.7 Å². The van der Waals surface area contributed by atoms with Crippen LogP contribution in [0.3, 0.4) is 0 Å². The number of aryl methyl sites for hydroxylation is 2. The van der Waals surface area contributed by atoms with E-state index >= 15 is 0 Å². The summed E-state index contributed by atoms with van der Waals surface area (Å²) in [7, 11) is 0. The second-order valence-corrected chi connectivity index (χ2v) is 7.80. The predicted octanol–water partition coefficient (Wildman–Crippen LogP) is 2.30. The van der Waals surface area contributed by atoms with E-state index < -0.39 is 0 Å². The van der Waals surface area contributed by atoms with Gasteiger partial charge in [-0.3, -0.25) is 19.7 Å². The van der Waals surface area contributed by atoms with E-state index in [-0.39, 0.29) is 36.2 Å². The van der Waals surface area contributed by atoms with Crippen molar-refractivity contribution in [2.75, 3.05) is 0 Å². The molecule has 8 heteroatoms. The normalized spacial score (nSPS) is 20.1. The Hall–Kier alpha value is -2.77. The van der Waals surface area contributed by atoms with Crippen LogP contribution >= 0.6 is 0 Å². The Bertz CT molecular complexity index is 841. The zero-order valence-electron chi connectivity index (χ0n) is 17.4. The minimum atomic E-state index is -0.0755. The Morgan fingerprint density at radius 1 is 1.17 bits per heavy atom. The summed E-state index contributed by atoms with van der Waals surface area (Å²) < 4.78 is 0. The van der Waals surface area contributed by atoms with Gasteiger partial charge in [0.1, 0.15) is 5.82 Å². The Balaban J connectivity index is 1.45. The Labute approximate surface area is 171 Å². The number of hydrogen-bond acceptors (Lipinski definition) is 5. The molecule has 2 aromatic rings. The van der Waals surface area contributed by atoms with Crippen LogP contribution < -0.4 is 10.6 Å². The van der Waals surface area contributed by atoms with Crippen LogP contribution in [0.1, 0.15) is 68.1 Å². The van der Waals surface area contributed by atoms with Crippen LogP contribution in [0.4, 0.5) is 0 Å². The number of hydrogen-bond donors (Lipinski definition) is 3. The zero-order valence-corrected chi connectivity index (χ0v) is 17.4. The third-order valence-corrected chi connectivity index (χ3v) is 5.42. The number of pyridine rings is 1. The fraction of sp³-hybridized carbons (Fsp3) is 0.571. The van der Waals surface area contributed by atoms with Crippen molar-refractivity contribution in [1.82, 2.24) is 30.8 Å². The molecule has 1 atom stereocenters. The van der Waals surface area contributed by atoms with E-state index in [4.69, 9.17) is 0 Å². The van der Waals surface area contributed by atoms with Crippen molar-refractivity contribution in [2.24, 2.45) is 5.92 Å². The van der Waals surface area contributed by atoms with Crippen LogP contribution in [0.25, 0.3) is 0 Å². The second kappa shape index (κ2) is 9.62. The van der Waals surface area contributed by atoms with Gasteiger partial charge in [-0.2, -0.15) is 5.10 Å². The highest BCUT2D eigenvalue weighted by atomic mass is 16.2. The number of amides is 2. The average Bonchev–Trinajstić information content (AvgIpc) is 3.10. The summed E-state index contributed by atoms with van der Waals surface area (Å²) in [5.41, 5.74) is 1.86. The quantitative estimate of drug-likeness (QED) is 0.662. The molecule has 2 amide bonds. The molecule has 3 N–H and O–H groups in total. The molecule has 0 bridgehead atoms. The van der Waals surface area contributed by atoms with E-state index in [2.05, 4.69) is 37.7 Å². The standard InChI is InChI=1S/C21H30N6O2/c1-4-17(18-7-5-6-13(2)22-18)25-21(29)15-8-10-16(11-9-15)24-20(28)12-19-23-14(3)26-27-19/h5-7,15-17H,4,8-12H2,1-3H3,(H,24,28)(H,25,29)(H,23,26,27). The minimum Gasteiger partial charge on any atom is -0.353 e. The molecule has 0 aromatic carbocycles. The molecule has 3 rings (SSSR count). The molecule has 1 aliphatic rings. The van der Waals surface area contributed by atoms with E-state index in [0.29, 0.717) is 11.6 Å². The molecule has 29 heavy (non-hydrogen) atoms. The molecule has 0 radical (unpaired) electrons. The molecule has 1 unspecified atom stereocenters. The SMILES string of the molecule is CCC(NC(=O)C1CCC(NC(=O)Cc2n[nH]c(C)n2)CC1)c1cccc(C)n1. The molecule has 0 spiro atoms.